The van der Waals surface area contributed by atoms with E-state index < -0.39 is 0 Å². The lowest BCUT2D eigenvalue weighted by Gasteiger charge is -2.04. The van der Waals surface area contributed by atoms with Crippen LogP contribution in [0, 0.1) is 3.57 Å². The second kappa shape index (κ2) is 3.92. The molecule has 0 unspecified atom stereocenters. The molecular formula is C8H11IN2. The molecule has 0 bridgehead atoms. The molecule has 1 rings (SSSR count). The molecule has 2 nitrogen and oxygen atoms in total. The lowest BCUT2D eigenvalue weighted by molar-refractivity contribution is 1.12. The number of nitrogen functional groups attached to an aromatic ring is 1. The van der Waals surface area contributed by atoms with E-state index in [1.54, 1.807) is 0 Å². The van der Waals surface area contributed by atoms with Gasteiger partial charge < -0.3 is 5.43 Å². The van der Waals surface area contributed by atoms with Gasteiger partial charge in [-0.15, -0.1) is 0 Å². The van der Waals surface area contributed by atoms with Gasteiger partial charge in [0.1, 0.15) is 0 Å². The van der Waals surface area contributed by atoms with E-state index in [0.29, 0.717) is 0 Å². The first kappa shape index (κ1) is 8.80. The van der Waals surface area contributed by atoms with Gasteiger partial charge in [-0.2, -0.15) is 0 Å². The number of hydrogen-bond acceptors (Lipinski definition) is 2. The topological polar surface area (TPSA) is 38.0 Å². The number of nitrogens with one attached hydrogen (secondary N) is 1. The molecule has 0 saturated carbocycles. The molecule has 3 N–H and O–H groups in total. The van der Waals surface area contributed by atoms with Gasteiger partial charge in [0.05, 0.1) is 0 Å². The van der Waals surface area contributed by atoms with Crippen molar-refractivity contribution in [1.29, 1.82) is 0 Å². The van der Waals surface area contributed by atoms with Gasteiger partial charge in [0, 0.05) is 9.26 Å². The average Bonchev–Trinajstić information content (AvgIpc) is 2.05. The van der Waals surface area contributed by atoms with E-state index in [4.69, 9.17) is 5.84 Å². The number of aryl methyl sites for hydroxylation is 1. The maximum atomic E-state index is 5.27. The van der Waals surface area contributed by atoms with E-state index in [9.17, 15) is 0 Å². The summed E-state index contributed by atoms with van der Waals surface area (Å²) in [5.74, 6) is 5.27. The summed E-state index contributed by atoms with van der Waals surface area (Å²) in [6, 6.07) is 6.11. The van der Waals surface area contributed by atoms with Gasteiger partial charge in [-0.1, -0.05) is 6.92 Å². The molecule has 0 heterocycles. The maximum Gasteiger partial charge on any atom is 0.0488 e. The summed E-state index contributed by atoms with van der Waals surface area (Å²) < 4.78 is 1.30. The molecule has 0 aliphatic rings. The van der Waals surface area contributed by atoms with Gasteiger partial charge in [-0.3, -0.25) is 5.84 Å². The molecule has 0 amide bonds. The van der Waals surface area contributed by atoms with Crippen molar-refractivity contribution in [2.75, 3.05) is 5.43 Å². The Hall–Kier alpha value is -0.290. The molecule has 0 saturated heterocycles. The Morgan fingerprint density at radius 2 is 2.27 bits per heavy atom. The molecule has 1 aromatic carbocycles. The van der Waals surface area contributed by atoms with Crippen LogP contribution in [0.15, 0.2) is 18.2 Å². The number of benzene rings is 1. The second-order valence-corrected chi connectivity index (χ2v) is 3.47. The van der Waals surface area contributed by atoms with Crippen LogP contribution in [0.25, 0.3) is 0 Å². The molecule has 11 heavy (non-hydrogen) atoms. The molecule has 0 aliphatic heterocycles. The first-order valence-corrected chi connectivity index (χ1v) is 4.61. The molecule has 60 valence electrons. The zero-order valence-electron chi connectivity index (χ0n) is 6.39. The number of hydrogen-bond donors (Lipinski definition) is 2. The van der Waals surface area contributed by atoms with Crippen LogP contribution in [0.4, 0.5) is 5.69 Å². The summed E-state index contributed by atoms with van der Waals surface area (Å²) in [7, 11) is 0. The van der Waals surface area contributed by atoms with Crippen LogP contribution < -0.4 is 11.3 Å². The Bertz CT molecular complexity index is 248. The van der Waals surface area contributed by atoms with Crippen molar-refractivity contribution in [3.63, 3.8) is 0 Å². The van der Waals surface area contributed by atoms with Gasteiger partial charge in [0.25, 0.3) is 0 Å². The standard InChI is InChI=1S/C8H11IN2/c1-2-6-5-7(11-10)3-4-8(6)9/h3-5,11H,2,10H2,1H3. The van der Waals surface area contributed by atoms with Crippen LogP contribution in [0.5, 0.6) is 0 Å². The van der Waals surface area contributed by atoms with Gasteiger partial charge in [0.2, 0.25) is 0 Å². The van der Waals surface area contributed by atoms with Crippen molar-refractivity contribution in [2.24, 2.45) is 5.84 Å². The number of halogens is 1. The molecule has 0 spiro atoms. The van der Waals surface area contributed by atoms with Gasteiger partial charge in [-0.05, 0) is 52.8 Å². The van der Waals surface area contributed by atoms with Gasteiger partial charge in [0.15, 0.2) is 0 Å². The highest BCUT2D eigenvalue weighted by atomic mass is 127. The summed E-state index contributed by atoms with van der Waals surface area (Å²) in [6.07, 6.45) is 1.05. The zero-order valence-corrected chi connectivity index (χ0v) is 8.55. The minimum absolute atomic E-state index is 0.974. The lowest BCUT2D eigenvalue weighted by atomic mass is 10.1. The smallest absolute Gasteiger partial charge is 0.0488 e. The second-order valence-electron chi connectivity index (χ2n) is 2.30. The molecule has 3 heteroatoms. The predicted molar refractivity (Wildman–Crippen MR) is 56.3 cm³/mol. The summed E-state index contributed by atoms with van der Waals surface area (Å²) in [5, 5.41) is 0. The largest absolute Gasteiger partial charge is 0.324 e. The van der Waals surface area contributed by atoms with E-state index in [2.05, 4.69) is 47.1 Å². The van der Waals surface area contributed by atoms with E-state index in [0.717, 1.165) is 12.1 Å². The highest BCUT2D eigenvalue weighted by Crippen LogP contribution is 2.17. The third-order valence-electron chi connectivity index (χ3n) is 1.59. The molecule has 1 aromatic rings. The van der Waals surface area contributed by atoms with E-state index in [-0.39, 0.29) is 0 Å². The van der Waals surface area contributed by atoms with Crippen LogP contribution >= 0.6 is 22.6 Å². The van der Waals surface area contributed by atoms with Crippen LogP contribution in [0.3, 0.4) is 0 Å². The zero-order chi connectivity index (χ0) is 8.27. The van der Waals surface area contributed by atoms with Crippen LogP contribution in [0.2, 0.25) is 0 Å². The highest BCUT2D eigenvalue weighted by Gasteiger charge is 1.97. The number of nitrogens with two attached hydrogens (primary N) is 1. The summed E-state index contributed by atoms with van der Waals surface area (Å²) in [4.78, 5) is 0. The Morgan fingerprint density at radius 1 is 1.55 bits per heavy atom. The van der Waals surface area contributed by atoms with Crippen LogP contribution in [0.1, 0.15) is 12.5 Å². The molecule has 0 aromatic heterocycles. The predicted octanol–water partition coefficient (Wildman–Crippen LogP) is 2.14. The monoisotopic (exact) mass is 262 g/mol. The van der Waals surface area contributed by atoms with Crippen molar-refractivity contribution in [3.8, 4) is 0 Å². The van der Waals surface area contributed by atoms with Gasteiger partial charge >= 0.3 is 0 Å². The van der Waals surface area contributed by atoms with E-state index >= 15 is 0 Å². The third kappa shape index (κ3) is 2.07. The van der Waals surface area contributed by atoms with Crippen LogP contribution in [-0.4, -0.2) is 0 Å². The van der Waals surface area contributed by atoms with Crippen molar-refractivity contribution in [1.82, 2.24) is 0 Å². The molecule has 0 radical (unpaired) electrons. The first-order valence-electron chi connectivity index (χ1n) is 3.53. The Kier molecular flexibility index (Phi) is 3.14. The summed E-state index contributed by atoms with van der Waals surface area (Å²) in [5.41, 5.74) is 4.93. The fourth-order valence-corrected chi connectivity index (χ4v) is 1.65. The van der Waals surface area contributed by atoms with Crippen molar-refractivity contribution in [2.45, 2.75) is 13.3 Å². The quantitative estimate of drug-likeness (QED) is 0.487. The Labute approximate surface area is 80.3 Å². The number of hydrazine groups is 1. The minimum atomic E-state index is 0.974. The molecular weight excluding hydrogens is 251 g/mol. The Morgan fingerprint density at radius 3 is 2.82 bits per heavy atom. The highest BCUT2D eigenvalue weighted by molar-refractivity contribution is 14.1. The third-order valence-corrected chi connectivity index (χ3v) is 2.65. The maximum absolute atomic E-state index is 5.27. The first-order chi connectivity index (χ1) is 5.27. The fraction of sp³-hybridized carbons (Fsp3) is 0.250. The summed E-state index contributed by atoms with van der Waals surface area (Å²) >= 11 is 2.32. The average molecular weight is 262 g/mol. The Balaban J connectivity index is 3.02. The fourth-order valence-electron chi connectivity index (χ4n) is 0.935. The van der Waals surface area contributed by atoms with Crippen molar-refractivity contribution >= 4 is 28.3 Å². The number of rotatable bonds is 2. The van der Waals surface area contributed by atoms with Crippen molar-refractivity contribution in [3.05, 3.63) is 27.3 Å². The van der Waals surface area contributed by atoms with E-state index in [1.807, 2.05) is 6.07 Å². The molecule has 0 fully saturated rings. The van der Waals surface area contributed by atoms with Crippen LogP contribution in [-0.2, 0) is 6.42 Å². The lowest BCUT2D eigenvalue weighted by Crippen LogP contribution is -2.07. The SMILES string of the molecule is CCc1cc(NN)ccc1I. The minimum Gasteiger partial charge on any atom is -0.324 e. The molecule has 0 atom stereocenters. The summed E-state index contributed by atoms with van der Waals surface area (Å²) in [6.45, 7) is 2.14. The van der Waals surface area contributed by atoms with Crippen molar-refractivity contribution < 1.29 is 0 Å². The van der Waals surface area contributed by atoms with Gasteiger partial charge in [-0.25, -0.2) is 0 Å². The molecule has 0 aliphatic carbocycles. The normalized spacial score (nSPS) is 9.73. The van der Waals surface area contributed by atoms with E-state index in [1.165, 1.54) is 9.13 Å². The number of anilines is 1.